The van der Waals surface area contributed by atoms with Crippen molar-refractivity contribution in [1.82, 2.24) is 5.32 Å². The number of hydrogen-bond acceptors (Lipinski definition) is 2. The maximum atomic E-state index is 3.26. The molecule has 0 fully saturated rings. The summed E-state index contributed by atoms with van der Waals surface area (Å²) in [6.45, 7) is 3.21. The van der Waals surface area contributed by atoms with E-state index in [9.17, 15) is 0 Å². The van der Waals surface area contributed by atoms with E-state index in [1.807, 2.05) is 7.05 Å². The lowest BCUT2D eigenvalue weighted by Crippen LogP contribution is -2.25. The average molecular weight is 252 g/mol. The number of nitrogens with zero attached hydrogens (tertiary/aromatic N) is 1. The van der Waals surface area contributed by atoms with E-state index < -0.39 is 0 Å². The molecule has 0 saturated carbocycles. The lowest BCUT2D eigenvalue weighted by Gasteiger charge is -2.27. The van der Waals surface area contributed by atoms with Gasteiger partial charge in [0.2, 0.25) is 0 Å². The Balaban J connectivity index is 2.07. The largest absolute Gasteiger partial charge is 0.338 e. The molecule has 98 valence electrons. The van der Waals surface area contributed by atoms with Crippen LogP contribution in [0.2, 0.25) is 0 Å². The molecule has 1 atom stereocenters. The quantitative estimate of drug-likeness (QED) is 0.899. The second-order valence-electron chi connectivity index (χ2n) is 5.21. The van der Waals surface area contributed by atoms with Gasteiger partial charge in [-0.25, -0.2) is 0 Å². The zero-order valence-corrected chi connectivity index (χ0v) is 11.6. The van der Waals surface area contributed by atoms with Gasteiger partial charge < -0.3 is 10.2 Å². The number of para-hydroxylation sites is 2. The Kier molecular flexibility index (Phi) is 3.26. The molecule has 1 unspecified atom stereocenters. The molecule has 1 heterocycles. The number of hydrogen-bond donors (Lipinski definition) is 1. The van der Waals surface area contributed by atoms with Crippen molar-refractivity contribution in [3.05, 3.63) is 59.7 Å². The van der Waals surface area contributed by atoms with Crippen molar-refractivity contribution in [1.29, 1.82) is 0 Å². The van der Waals surface area contributed by atoms with Crippen LogP contribution in [0.4, 0.5) is 11.4 Å². The molecule has 1 aliphatic heterocycles. The predicted molar refractivity (Wildman–Crippen MR) is 81.0 cm³/mol. The molecule has 2 aromatic carbocycles. The summed E-state index contributed by atoms with van der Waals surface area (Å²) in [4.78, 5) is 2.47. The zero-order chi connectivity index (χ0) is 13.2. The third-order valence-corrected chi connectivity index (χ3v) is 3.83. The van der Waals surface area contributed by atoms with Gasteiger partial charge in [-0.2, -0.15) is 0 Å². The minimum absolute atomic E-state index is 0.524. The summed E-state index contributed by atoms with van der Waals surface area (Å²) in [6.07, 6.45) is 1.13. The van der Waals surface area contributed by atoms with Gasteiger partial charge in [-0.15, -0.1) is 0 Å². The molecule has 3 rings (SSSR count). The third kappa shape index (κ3) is 2.13. The van der Waals surface area contributed by atoms with Crippen molar-refractivity contribution < 1.29 is 0 Å². The van der Waals surface area contributed by atoms with Gasteiger partial charge >= 0.3 is 0 Å². The SMILES string of the molecule is CNCc1ccccc1N1c2ccccc2CC1C. The van der Waals surface area contributed by atoms with Gasteiger partial charge in [-0.05, 0) is 43.7 Å². The normalized spacial score (nSPS) is 17.6. The maximum absolute atomic E-state index is 3.26. The molecule has 2 heteroatoms. The van der Waals surface area contributed by atoms with Crippen molar-refractivity contribution in [2.24, 2.45) is 0 Å². The highest BCUT2D eigenvalue weighted by molar-refractivity contribution is 5.73. The zero-order valence-electron chi connectivity index (χ0n) is 11.6. The first kappa shape index (κ1) is 12.2. The van der Waals surface area contributed by atoms with Gasteiger partial charge in [-0.1, -0.05) is 36.4 Å². The van der Waals surface area contributed by atoms with Gasteiger partial charge in [0, 0.05) is 24.0 Å². The van der Waals surface area contributed by atoms with E-state index in [-0.39, 0.29) is 0 Å². The number of rotatable bonds is 3. The van der Waals surface area contributed by atoms with Crippen LogP contribution in [0.5, 0.6) is 0 Å². The fourth-order valence-corrected chi connectivity index (χ4v) is 3.02. The lowest BCUT2D eigenvalue weighted by atomic mass is 10.1. The van der Waals surface area contributed by atoms with Gasteiger partial charge in [0.25, 0.3) is 0 Å². The monoisotopic (exact) mass is 252 g/mol. The summed E-state index contributed by atoms with van der Waals surface area (Å²) in [7, 11) is 2.00. The van der Waals surface area contributed by atoms with Crippen LogP contribution < -0.4 is 10.2 Å². The number of benzene rings is 2. The molecule has 1 N–H and O–H groups in total. The molecule has 0 bridgehead atoms. The van der Waals surface area contributed by atoms with Crippen LogP contribution in [0.25, 0.3) is 0 Å². The van der Waals surface area contributed by atoms with E-state index in [1.165, 1.54) is 22.5 Å². The summed E-state index contributed by atoms with van der Waals surface area (Å²) in [5, 5.41) is 3.26. The summed E-state index contributed by atoms with van der Waals surface area (Å²) in [5.74, 6) is 0. The van der Waals surface area contributed by atoms with Crippen LogP contribution in [-0.2, 0) is 13.0 Å². The molecule has 19 heavy (non-hydrogen) atoms. The highest BCUT2D eigenvalue weighted by atomic mass is 15.2. The topological polar surface area (TPSA) is 15.3 Å². The second kappa shape index (κ2) is 5.06. The van der Waals surface area contributed by atoms with E-state index in [2.05, 4.69) is 65.7 Å². The standard InChI is InChI=1S/C17H20N2/c1-13-11-14-7-3-5-9-16(14)19(13)17-10-6-4-8-15(17)12-18-2/h3-10,13,18H,11-12H2,1-2H3. The smallest absolute Gasteiger partial charge is 0.0459 e. The first-order valence-corrected chi connectivity index (χ1v) is 6.91. The van der Waals surface area contributed by atoms with Crippen molar-refractivity contribution in [2.75, 3.05) is 11.9 Å². The van der Waals surface area contributed by atoms with Crippen molar-refractivity contribution >= 4 is 11.4 Å². The summed E-state index contributed by atoms with van der Waals surface area (Å²) >= 11 is 0. The van der Waals surface area contributed by atoms with E-state index >= 15 is 0 Å². The Labute approximate surface area is 115 Å². The Bertz CT molecular complexity index is 577. The number of nitrogens with one attached hydrogen (secondary N) is 1. The summed E-state index contributed by atoms with van der Waals surface area (Å²) in [5.41, 5.74) is 5.50. The van der Waals surface area contributed by atoms with E-state index in [0.717, 1.165) is 13.0 Å². The van der Waals surface area contributed by atoms with Gasteiger partial charge in [0.15, 0.2) is 0 Å². The molecule has 0 aromatic heterocycles. The highest BCUT2D eigenvalue weighted by Gasteiger charge is 2.27. The van der Waals surface area contributed by atoms with Gasteiger partial charge in [-0.3, -0.25) is 0 Å². The highest BCUT2D eigenvalue weighted by Crippen LogP contribution is 2.39. The average Bonchev–Trinajstić information content (AvgIpc) is 2.76. The molecule has 0 saturated heterocycles. The maximum Gasteiger partial charge on any atom is 0.0459 e. The van der Waals surface area contributed by atoms with Crippen molar-refractivity contribution in [3.63, 3.8) is 0 Å². The van der Waals surface area contributed by atoms with Crippen LogP contribution in [0, 0.1) is 0 Å². The molecule has 2 aromatic rings. The minimum Gasteiger partial charge on any atom is -0.338 e. The molecule has 0 radical (unpaired) electrons. The fourth-order valence-electron chi connectivity index (χ4n) is 3.02. The number of fused-ring (bicyclic) bond motifs is 1. The third-order valence-electron chi connectivity index (χ3n) is 3.83. The minimum atomic E-state index is 0.524. The van der Waals surface area contributed by atoms with E-state index in [0.29, 0.717) is 6.04 Å². The fraction of sp³-hybridized carbons (Fsp3) is 0.294. The Morgan fingerprint density at radius 1 is 1.05 bits per heavy atom. The van der Waals surface area contributed by atoms with E-state index in [4.69, 9.17) is 0 Å². The summed E-state index contributed by atoms with van der Waals surface area (Å²) in [6, 6.07) is 17.9. The van der Waals surface area contributed by atoms with Crippen LogP contribution in [0.3, 0.4) is 0 Å². The molecule has 2 nitrogen and oxygen atoms in total. The first-order chi connectivity index (χ1) is 9.31. The van der Waals surface area contributed by atoms with Crippen LogP contribution in [0.15, 0.2) is 48.5 Å². The molecule has 0 spiro atoms. The second-order valence-corrected chi connectivity index (χ2v) is 5.21. The number of anilines is 2. The van der Waals surface area contributed by atoms with E-state index in [1.54, 1.807) is 0 Å². The first-order valence-electron chi connectivity index (χ1n) is 6.91. The molecule has 0 amide bonds. The van der Waals surface area contributed by atoms with Crippen LogP contribution in [0.1, 0.15) is 18.1 Å². The predicted octanol–water partition coefficient (Wildman–Crippen LogP) is 3.49. The Morgan fingerprint density at radius 2 is 1.74 bits per heavy atom. The van der Waals surface area contributed by atoms with Gasteiger partial charge in [0.05, 0.1) is 0 Å². The molecule has 1 aliphatic rings. The lowest BCUT2D eigenvalue weighted by molar-refractivity contribution is 0.746. The van der Waals surface area contributed by atoms with Crippen molar-refractivity contribution in [2.45, 2.75) is 25.9 Å². The summed E-state index contributed by atoms with van der Waals surface area (Å²) < 4.78 is 0. The molecular formula is C17H20N2. The Morgan fingerprint density at radius 3 is 2.53 bits per heavy atom. The Hall–Kier alpha value is -1.80. The van der Waals surface area contributed by atoms with Crippen LogP contribution in [-0.4, -0.2) is 13.1 Å². The molecular weight excluding hydrogens is 232 g/mol. The molecule has 0 aliphatic carbocycles. The van der Waals surface area contributed by atoms with Gasteiger partial charge in [0.1, 0.15) is 0 Å². The van der Waals surface area contributed by atoms with Crippen molar-refractivity contribution in [3.8, 4) is 0 Å². The van der Waals surface area contributed by atoms with Crippen LogP contribution >= 0.6 is 0 Å².